The summed E-state index contributed by atoms with van der Waals surface area (Å²) in [5.41, 5.74) is -0.493. The van der Waals surface area contributed by atoms with Gasteiger partial charge in [0.25, 0.3) is 11.8 Å². The Labute approximate surface area is 129 Å². The van der Waals surface area contributed by atoms with E-state index in [1.165, 1.54) is 11.0 Å². The standard InChI is InChI=1S/C16H20N2O4/c1-18(2)14(20)12-7-5-6-11(10-12)13(19)17-16(15(21)22)8-3-4-9-16/h5-7,10H,3-4,8-9H2,1-2H3,(H,17,19)(H,21,22). The Kier molecular flexibility index (Phi) is 4.49. The lowest BCUT2D eigenvalue weighted by molar-refractivity contribution is -0.144. The highest BCUT2D eigenvalue weighted by Crippen LogP contribution is 2.30. The molecule has 1 aromatic carbocycles. The largest absolute Gasteiger partial charge is 0.480 e. The third-order valence-corrected chi connectivity index (χ3v) is 4.00. The Hall–Kier alpha value is -2.37. The Bertz CT molecular complexity index is 604. The molecule has 0 unspecified atom stereocenters. The van der Waals surface area contributed by atoms with E-state index in [2.05, 4.69) is 5.32 Å². The molecule has 1 saturated carbocycles. The maximum Gasteiger partial charge on any atom is 0.329 e. The van der Waals surface area contributed by atoms with Gasteiger partial charge >= 0.3 is 5.97 Å². The monoisotopic (exact) mass is 304 g/mol. The molecule has 6 heteroatoms. The van der Waals surface area contributed by atoms with Crippen molar-refractivity contribution in [2.24, 2.45) is 0 Å². The first-order valence-electron chi connectivity index (χ1n) is 7.23. The topological polar surface area (TPSA) is 86.7 Å². The van der Waals surface area contributed by atoms with Gasteiger partial charge in [-0.3, -0.25) is 9.59 Å². The first-order chi connectivity index (χ1) is 10.4. The third kappa shape index (κ3) is 3.10. The van der Waals surface area contributed by atoms with Crippen LogP contribution in [0.1, 0.15) is 46.4 Å². The second kappa shape index (κ2) is 6.17. The molecule has 1 aromatic rings. The molecule has 118 valence electrons. The zero-order chi connectivity index (χ0) is 16.3. The van der Waals surface area contributed by atoms with Gasteiger partial charge in [0.2, 0.25) is 0 Å². The van der Waals surface area contributed by atoms with Crippen LogP contribution in [0.4, 0.5) is 0 Å². The minimum Gasteiger partial charge on any atom is -0.480 e. The van der Waals surface area contributed by atoms with Crippen molar-refractivity contribution in [3.63, 3.8) is 0 Å². The van der Waals surface area contributed by atoms with Crippen LogP contribution in [0.3, 0.4) is 0 Å². The van der Waals surface area contributed by atoms with E-state index in [4.69, 9.17) is 0 Å². The SMILES string of the molecule is CN(C)C(=O)c1cccc(C(=O)NC2(C(=O)O)CCCC2)c1. The minimum absolute atomic E-state index is 0.205. The van der Waals surface area contributed by atoms with Gasteiger partial charge in [-0.25, -0.2) is 4.79 Å². The molecule has 0 radical (unpaired) electrons. The molecule has 0 atom stereocenters. The summed E-state index contributed by atoms with van der Waals surface area (Å²) in [5.74, 6) is -1.67. The van der Waals surface area contributed by atoms with Gasteiger partial charge in [0.1, 0.15) is 5.54 Å². The second-order valence-corrected chi connectivity index (χ2v) is 5.83. The summed E-state index contributed by atoms with van der Waals surface area (Å²) >= 11 is 0. The highest BCUT2D eigenvalue weighted by Gasteiger charge is 2.42. The lowest BCUT2D eigenvalue weighted by atomic mass is 9.97. The zero-order valence-electron chi connectivity index (χ0n) is 12.8. The van der Waals surface area contributed by atoms with Crippen LogP contribution in [0.15, 0.2) is 24.3 Å². The number of aliphatic carboxylic acids is 1. The normalized spacial score (nSPS) is 16.1. The maximum absolute atomic E-state index is 12.4. The number of carboxylic acids is 1. The molecule has 1 fully saturated rings. The third-order valence-electron chi connectivity index (χ3n) is 4.00. The van der Waals surface area contributed by atoms with Gasteiger partial charge in [0.05, 0.1) is 0 Å². The molecule has 0 heterocycles. The number of carbonyl (C=O) groups excluding carboxylic acids is 2. The lowest BCUT2D eigenvalue weighted by Gasteiger charge is -2.25. The molecule has 0 aliphatic heterocycles. The van der Waals surface area contributed by atoms with Crippen molar-refractivity contribution < 1.29 is 19.5 Å². The first kappa shape index (κ1) is 16.0. The van der Waals surface area contributed by atoms with Crippen molar-refractivity contribution in [3.8, 4) is 0 Å². The Morgan fingerprint density at radius 1 is 1.14 bits per heavy atom. The van der Waals surface area contributed by atoms with E-state index in [1.54, 1.807) is 32.3 Å². The highest BCUT2D eigenvalue weighted by atomic mass is 16.4. The van der Waals surface area contributed by atoms with Crippen molar-refractivity contribution >= 4 is 17.8 Å². The summed E-state index contributed by atoms with van der Waals surface area (Å²) in [7, 11) is 3.26. The maximum atomic E-state index is 12.4. The number of rotatable bonds is 4. The highest BCUT2D eigenvalue weighted by molar-refractivity contribution is 6.01. The predicted molar refractivity (Wildman–Crippen MR) is 80.8 cm³/mol. The summed E-state index contributed by atoms with van der Waals surface area (Å²) < 4.78 is 0. The molecule has 0 spiro atoms. The number of carbonyl (C=O) groups is 3. The van der Waals surface area contributed by atoms with Crippen molar-refractivity contribution in [1.82, 2.24) is 10.2 Å². The molecule has 6 nitrogen and oxygen atoms in total. The molecule has 1 aliphatic rings. The van der Waals surface area contributed by atoms with E-state index >= 15 is 0 Å². The van der Waals surface area contributed by atoms with E-state index in [1.807, 2.05) is 0 Å². The number of nitrogens with zero attached hydrogens (tertiary/aromatic N) is 1. The van der Waals surface area contributed by atoms with Gasteiger partial charge in [-0.05, 0) is 31.0 Å². The molecular formula is C16H20N2O4. The lowest BCUT2D eigenvalue weighted by Crippen LogP contribution is -2.52. The van der Waals surface area contributed by atoms with Crippen LogP contribution in [0, 0.1) is 0 Å². The van der Waals surface area contributed by atoms with E-state index in [-0.39, 0.29) is 5.91 Å². The number of benzene rings is 1. The van der Waals surface area contributed by atoms with Crippen LogP contribution in [-0.4, -0.2) is 47.4 Å². The van der Waals surface area contributed by atoms with Gasteiger partial charge < -0.3 is 15.3 Å². The second-order valence-electron chi connectivity index (χ2n) is 5.83. The number of nitrogens with one attached hydrogen (secondary N) is 1. The fraction of sp³-hybridized carbons (Fsp3) is 0.438. The van der Waals surface area contributed by atoms with E-state index in [0.717, 1.165) is 12.8 Å². The van der Waals surface area contributed by atoms with Crippen LogP contribution >= 0.6 is 0 Å². The molecule has 0 aromatic heterocycles. The first-order valence-corrected chi connectivity index (χ1v) is 7.23. The van der Waals surface area contributed by atoms with E-state index in [0.29, 0.717) is 24.0 Å². The molecule has 2 amide bonds. The van der Waals surface area contributed by atoms with Gasteiger partial charge in [-0.2, -0.15) is 0 Å². The van der Waals surface area contributed by atoms with Crippen molar-refractivity contribution in [3.05, 3.63) is 35.4 Å². The Morgan fingerprint density at radius 2 is 1.73 bits per heavy atom. The van der Waals surface area contributed by atoms with E-state index in [9.17, 15) is 19.5 Å². The molecule has 0 bridgehead atoms. The van der Waals surface area contributed by atoms with Crippen molar-refractivity contribution in [1.29, 1.82) is 0 Å². The smallest absolute Gasteiger partial charge is 0.329 e. The fourth-order valence-corrected chi connectivity index (χ4v) is 2.71. The summed E-state index contributed by atoms with van der Waals surface area (Å²) in [6, 6.07) is 6.31. The van der Waals surface area contributed by atoms with Gasteiger partial charge in [0.15, 0.2) is 0 Å². The summed E-state index contributed by atoms with van der Waals surface area (Å²) in [4.78, 5) is 37.2. The molecule has 0 saturated heterocycles. The van der Waals surface area contributed by atoms with Crippen LogP contribution in [0.25, 0.3) is 0 Å². The molecular weight excluding hydrogens is 284 g/mol. The molecule has 2 rings (SSSR count). The summed E-state index contributed by atoms with van der Waals surface area (Å²) in [5, 5.41) is 12.0. The predicted octanol–water partition coefficient (Wildman–Crippen LogP) is 1.52. The zero-order valence-corrected chi connectivity index (χ0v) is 12.8. The Balaban J connectivity index is 2.21. The van der Waals surface area contributed by atoms with Gasteiger partial charge in [-0.15, -0.1) is 0 Å². The molecule has 1 aliphatic carbocycles. The Morgan fingerprint density at radius 3 is 2.27 bits per heavy atom. The number of hydrogen-bond acceptors (Lipinski definition) is 3. The van der Waals surface area contributed by atoms with Crippen LogP contribution in [-0.2, 0) is 4.79 Å². The van der Waals surface area contributed by atoms with Gasteiger partial charge in [0, 0.05) is 25.2 Å². The van der Waals surface area contributed by atoms with Crippen LogP contribution in [0.2, 0.25) is 0 Å². The quantitative estimate of drug-likeness (QED) is 0.883. The average molecular weight is 304 g/mol. The molecule has 22 heavy (non-hydrogen) atoms. The van der Waals surface area contributed by atoms with Crippen molar-refractivity contribution in [2.75, 3.05) is 14.1 Å². The average Bonchev–Trinajstić information content (AvgIpc) is 2.96. The van der Waals surface area contributed by atoms with E-state index < -0.39 is 17.4 Å². The molecule has 2 N–H and O–H groups in total. The fourth-order valence-electron chi connectivity index (χ4n) is 2.71. The van der Waals surface area contributed by atoms with Gasteiger partial charge in [-0.1, -0.05) is 18.9 Å². The summed E-state index contributed by atoms with van der Waals surface area (Å²) in [6.07, 6.45) is 2.44. The number of carboxylic acid groups (broad SMARTS) is 1. The van der Waals surface area contributed by atoms with Crippen LogP contribution < -0.4 is 5.32 Å². The number of amides is 2. The number of hydrogen-bond donors (Lipinski definition) is 2. The van der Waals surface area contributed by atoms with Crippen molar-refractivity contribution in [2.45, 2.75) is 31.2 Å². The van der Waals surface area contributed by atoms with Crippen LogP contribution in [0.5, 0.6) is 0 Å². The summed E-state index contributed by atoms with van der Waals surface area (Å²) in [6.45, 7) is 0. The minimum atomic E-state index is -1.18.